The van der Waals surface area contributed by atoms with E-state index in [1.165, 1.54) is 0 Å². The van der Waals surface area contributed by atoms with Crippen molar-refractivity contribution in [3.8, 4) is 0 Å². The fourth-order valence-electron chi connectivity index (χ4n) is 3.20. The number of para-hydroxylation sites is 1. The maximum Gasteiger partial charge on any atom is 0.227 e. The van der Waals surface area contributed by atoms with E-state index in [9.17, 15) is 9.59 Å². The Kier molecular flexibility index (Phi) is 5.84. The Balaban J connectivity index is 1.55. The molecule has 6 heteroatoms. The van der Waals surface area contributed by atoms with E-state index in [1.807, 2.05) is 31.2 Å². The minimum absolute atomic E-state index is 0.0229. The van der Waals surface area contributed by atoms with Gasteiger partial charge in [0.25, 0.3) is 0 Å². The third-order valence-electron chi connectivity index (χ3n) is 4.64. The number of rotatable bonds is 5. The summed E-state index contributed by atoms with van der Waals surface area (Å²) < 4.78 is 0. The van der Waals surface area contributed by atoms with Gasteiger partial charge in [-0.2, -0.15) is 0 Å². The third kappa shape index (κ3) is 4.37. The van der Waals surface area contributed by atoms with Crippen LogP contribution < -0.4 is 10.6 Å². The van der Waals surface area contributed by atoms with Crippen molar-refractivity contribution in [1.29, 1.82) is 0 Å². The van der Waals surface area contributed by atoms with Crippen molar-refractivity contribution in [1.82, 2.24) is 5.32 Å². The van der Waals surface area contributed by atoms with Gasteiger partial charge in [0, 0.05) is 28.1 Å². The number of fused-ring (bicyclic) bond motifs is 1. The fraction of sp³-hybridized carbons (Fsp3) is 0.300. The van der Waals surface area contributed by atoms with Crippen LogP contribution in [0.1, 0.15) is 36.9 Å². The molecule has 0 saturated carbocycles. The van der Waals surface area contributed by atoms with Crippen LogP contribution in [-0.2, 0) is 16.0 Å². The van der Waals surface area contributed by atoms with Gasteiger partial charge in [-0.1, -0.05) is 47.5 Å². The lowest BCUT2D eigenvalue weighted by molar-refractivity contribution is -0.123. The molecule has 2 amide bonds. The summed E-state index contributed by atoms with van der Waals surface area (Å²) >= 11 is 12.1. The SMILES string of the molecule is C[C@@H](NC(=O)CC[C@@H]1Cc2ccccc2NC1=O)c1ccc(Cl)cc1Cl. The molecule has 0 bridgehead atoms. The van der Waals surface area contributed by atoms with Gasteiger partial charge in [0.2, 0.25) is 11.8 Å². The first-order valence-electron chi connectivity index (χ1n) is 8.57. The average Bonchev–Trinajstić information content (AvgIpc) is 2.59. The molecule has 3 rings (SSSR count). The highest BCUT2D eigenvalue weighted by Gasteiger charge is 2.26. The number of carbonyl (C=O) groups excluding carboxylic acids is 2. The summed E-state index contributed by atoms with van der Waals surface area (Å²) in [5.74, 6) is -0.314. The number of anilines is 1. The Bertz CT molecular complexity index is 838. The summed E-state index contributed by atoms with van der Waals surface area (Å²) in [5, 5.41) is 6.92. The number of halogens is 2. The van der Waals surface area contributed by atoms with Crippen molar-refractivity contribution in [3.63, 3.8) is 0 Å². The standard InChI is InChI=1S/C20H20Cl2N2O2/c1-12(16-8-7-15(21)11-17(16)22)23-19(25)9-6-14-10-13-4-2-3-5-18(13)24-20(14)26/h2-5,7-8,11-12,14H,6,9-10H2,1H3,(H,23,25)(H,24,26)/t12-,14-/m1/s1. The number of amides is 2. The molecule has 0 unspecified atom stereocenters. The van der Waals surface area contributed by atoms with Crippen LogP contribution >= 0.6 is 23.2 Å². The zero-order valence-corrected chi connectivity index (χ0v) is 15.9. The van der Waals surface area contributed by atoms with Gasteiger partial charge >= 0.3 is 0 Å². The molecule has 1 heterocycles. The predicted octanol–water partition coefficient (Wildman–Crippen LogP) is 4.76. The maximum atomic E-state index is 12.3. The predicted molar refractivity (Wildman–Crippen MR) is 105 cm³/mol. The van der Waals surface area contributed by atoms with E-state index in [0.29, 0.717) is 22.9 Å². The lowest BCUT2D eigenvalue weighted by Gasteiger charge is -2.24. The van der Waals surface area contributed by atoms with Crippen molar-refractivity contribution in [2.45, 2.75) is 32.2 Å². The second kappa shape index (κ2) is 8.11. The molecule has 2 aromatic rings. The first-order chi connectivity index (χ1) is 12.4. The minimum atomic E-state index is -0.229. The van der Waals surface area contributed by atoms with E-state index >= 15 is 0 Å². The Morgan fingerprint density at radius 3 is 2.81 bits per heavy atom. The molecular weight excluding hydrogens is 371 g/mol. The van der Waals surface area contributed by atoms with Gasteiger partial charge in [0.1, 0.15) is 0 Å². The molecule has 2 aromatic carbocycles. The van der Waals surface area contributed by atoms with Crippen molar-refractivity contribution < 1.29 is 9.59 Å². The molecular formula is C20H20Cl2N2O2. The molecule has 2 N–H and O–H groups in total. The zero-order chi connectivity index (χ0) is 18.7. The Labute approximate surface area is 162 Å². The van der Waals surface area contributed by atoms with Crippen LogP contribution in [0, 0.1) is 5.92 Å². The van der Waals surface area contributed by atoms with E-state index in [1.54, 1.807) is 18.2 Å². The molecule has 0 aromatic heterocycles. The van der Waals surface area contributed by atoms with Crippen LogP contribution in [0.4, 0.5) is 5.69 Å². The normalized spacial score (nSPS) is 17.2. The zero-order valence-electron chi connectivity index (χ0n) is 14.4. The molecule has 4 nitrogen and oxygen atoms in total. The van der Waals surface area contributed by atoms with Crippen molar-refractivity contribution in [2.75, 3.05) is 5.32 Å². The van der Waals surface area contributed by atoms with Crippen LogP contribution in [0.5, 0.6) is 0 Å². The second-order valence-corrected chi connectivity index (χ2v) is 7.38. The van der Waals surface area contributed by atoms with Gasteiger partial charge in [0.15, 0.2) is 0 Å². The van der Waals surface area contributed by atoms with E-state index in [4.69, 9.17) is 23.2 Å². The molecule has 26 heavy (non-hydrogen) atoms. The Morgan fingerprint density at radius 2 is 2.04 bits per heavy atom. The number of benzene rings is 2. The van der Waals surface area contributed by atoms with Gasteiger partial charge in [-0.25, -0.2) is 0 Å². The van der Waals surface area contributed by atoms with Gasteiger partial charge in [-0.3, -0.25) is 9.59 Å². The number of hydrogen-bond acceptors (Lipinski definition) is 2. The molecule has 0 saturated heterocycles. The summed E-state index contributed by atoms with van der Waals surface area (Å²) in [5.41, 5.74) is 2.79. The Hall–Kier alpha value is -2.04. The van der Waals surface area contributed by atoms with Gasteiger partial charge in [-0.15, -0.1) is 0 Å². The maximum absolute atomic E-state index is 12.3. The van der Waals surface area contributed by atoms with E-state index in [-0.39, 0.29) is 30.2 Å². The van der Waals surface area contributed by atoms with Crippen LogP contribution in [0.2, 0.25) is 10.0 Å². The highest BCUT2D eigenvalue weighted by Crippen LogP contribution is 2.28. The summed E-state index contributed by atoms with van der Waals surface area (Å²) in [6.45, 7) is 1.87. The summed E-state index contributed by atoms with van der Waals surface area (Å²) in [7, 11) is 0. The number of carbonyl (C=O) groups is 2. The largest absolute Gasteiger partial charge is 0.350 e. The van der Waals surface area contributed by atoms with Gasteiger partial charge in [-0.05, 0) is 49.1 Å². The number of nitrogens with one attached hydrogen (secondary N) is 2. The van der Waals surface area contributed by atoms with Crippen LogP contribution in [0.3, 0.4) is 0 Å². The molecule has 1 aliphatic rings. The number of hydrogen-bond donors (Lipinski definition) is 2. The lowest BCUT2D eigenvalue weighted by Crippen LogP contribution is -2.32. The van der Waals surface area contributed by atoms with Gasteiger partial charge in [0.05, 0.1) is 6.04 Å². The quantitative estimate of drug-likeness (QED) is 0.772. The monoisotopic (exact) mass is 390 g/mol. The van der Waals surface area contributed by atoms with Crippen molar-refractivity contribution in [2.24, 2.45) is 5.92 Å². The average molecular weight is 391 g/mol. The van der Waals surface area contributed by atoms with Crippen molar-refractivity contribution in [3.05, 3.63) is 63.6 Å². The Morgan fingerprint density at radius 1 is 1.27 bits per heavy atom. The first-order valence-corrected chi connectivity index (χ1v) is 9.32. The van der Waals surface area contributed by atoms with Gasteiger partial charge < -0.3 is 10.6 Å². The van der Waals surface area contributed by atoms with E-state index in [2.05, 4.69) is 10.6 Å². The van der Waals surface area contributed by atoms with Crippen molar-refractivity contribution >= 4 is 40.7 Å². The second-order valence-electron chi connectivity index (χ2n) is 6.54. The molecule has 0 aliphatic carbocycles. The summed E-state index contributed by atoms with van der Waals surface area (Å²) in [6, 6.07) is 12.7. The highest BCUT2D eigenvalue weighted by atomic mass is 35.5. The van der Waals surface area contributed by atoms with E-state index in [0.717, 1.165) is 16.8 Å². The minimum Gasteiger partial charge on any atom is -0.350 e. The molecule has 1 aliphatic heterocycles. The van der Waals surface area contributed by atoms with E-state index < -0.39 is 0 Å². The fourth-order valence-corrected chi connectivity index (χ4v) is 3.77. The van der Waals surface area contributed by atoms with Crippen LogP contribution in [0.25, 0.3) is 0 Å². The first kappa shape index (κ1) is 18.7. The molecule has 0 spiro atoms. The molecule has 136 valence electrons. The van der Waals surface area contributed by atoms with Crippen LogP contribution in [-0.4, -0.2) is 11.8 Å². The van der Waals surface area contributed by atoms with Crippen LogP contribution in [0.15, 0.2) is 42.5 Å². The molecule has 2 atom stereocenters. The summed E-state index contributed by atoms with van der Waals surface area (Å²) in [4.78, 5) is 24.5. The molecule has 0 radical (unpaired) electrons. The third-order valence-corrected chi connectivity index (χ3v) is 5.20. The highest BCUT2D eigenvalue weighted by molar-refractivity contribution is 6.35. The molecule has 0 fully saturated rings. The summed E-state index contributed by atoms with van der Waals surface area (Å²) in [6.07, 6.45) is 1.46. The topological polar surface area (TPSA) is 58.2 Å². The lowest BCUT2D eigenvalue weighted by atomic mass is 9.89. The smallest absolute Gasteiger partial charge is 0.227 e.